The Morgan fingerprint density at radius 2 is 1.41 bits per heavy atom. The molecule has 0 heterocycles. The first-order valence-corrected chi connectivity index (χ1v) is 10.5. The molecule has 0 aromatic heterocycles. The van der Waals surface area contributed by atoms with E-state index in [-0.39, 0.29) is 36.5 Å². The first-order chi connectivity index (χ1) is 14.5. The van der Waals surface area contributed by atoms with Crippen LogP contribution in [0, 0.1) is 0 Å². The van der Waals surface area contributed by atoms with E-state index in [1.165, 1.54) is 18.2 Å². The Bertz CT molecular complexity index is 883. The van der Waals surface area contributed by atoms with Gasteiger partial charge in [0.15, 0.2) is 5.52 Å². The van der Waals surface area contributed by atoms with Crippen molar-refractivity contribution >= 4 is 19.4 Å². The molecule has 0 aliphatic carbocycles. The maximum atomic E-state index is 13.4. The van der Waals surface area contributed by atoms with E-state index in [4.69, 9.17) is 9.47 Å². The summed E-state index contributed by atoms with van der Waals surface area (Å²) in [5, 5.41) is 0.201. The van der Waals surface area contributed by atoms with Crippen molar-refractivity contribution in [1.82, 2.24) is 0 Å². The van der Waals surface area contributed by atoms with Gasteiger partial charge in [-0.3, -0.25) is 4.79 Å². The number of hydrogen-bond donors (Lipinski definition) is 0. The Morgan fingerprint density at radius 1 is 0.875 bits per heavy atom. The van der Waals surface area contributed by atoms with E-state index in [1.54, 1.807) is 0 Å². The fourth-order valence-corrected chi connectivity index (χ4v) is 3.77. The zero-order chi connectivity index (χ0) is 23.2. The van der Waals surface area contributed by atoms with Gasteiger partial charge >= 0.3 is 31.2 Å². The first kappa shape index (κ1) is 28.4. The molecule has 0 radical (unpaired) electrons. The molecule has 3 nitrogen and oxygen atoms in total. The molecule has 2 rings (SSSR count). The van der Waals surface area contributed by atoms with Gasteiger partial charge in [-0.15, -0.1) is 0 Å². The molecule has 1 unspecified atom stereocenters. The molecule has 0 spiro atoms. The Balaban J connectivity index is 0.00000512. The maximum absolute atomic E-state index is 13.4. The minimum atomic E-state index is -5.11. The van der Waals surface area contributed by atoms with E-state index in [2.05, 4.69) is 0 Å². The van der Waals surface area contributed by atoms with Crippen LogP contribution in [-0.4, -0.2) is 18.7 Å². The fourth-order valence-electron chi connectivity index (χ4n) is 2.70. The summed E-state index contributed by atoms with van der Waals surface area (Å²) in [5.41, 5.74) is -5.88. The molecule has 0 saturated heterocycles. The third-order valence-corrected chi connectivity index (χ3v) is 5.20. The van der Waals surface area contributed by atoms with Gasteiger partial charge in [0.1, 0.15) is 11.5 Å². The largest absolute Gasteiger partial charge is 1.00 e. The summed E-state index contributed by atoms with van der Waals surface area (Å²) in [6.07, 6.45) is -8.88. The summed E-state index contributed by atoms with van der Waals surface area (Å²) in [7, 11) is -1.00. The maximum Gasteiger partial charge on any atom is 1.00 e. The van der Waals surface area contributed by atoms with Crippen LogP contribution in [0.15, 0.2) is 36.4 Å². The van der Waals surface area contributed by atoms with E-state index >= 15 is 0 Å². The quantitative estimate of drug-likeness (QED) is 0.318. The van der Waals surface area contributed by atoms with Gasteiger partial charge in [0.05, 0.1) is 24.3 Å². The van der Waals surface area contributed by atoms with Crippen molar-refractivity contribution in [3.05, 3.63) is 53.1 Å². The van der Waals surface area contributed by atoms with E-state index in [0.717, 1.165) is 6.42 Å². The molecule has 1 atom stereocenters. The number of halogens is 6. The average Bonchev–Trinajstić information content (AvgIpc) is 2.70. The van der Waals surface area contributed by atoms with E-state index < -0.39 is 43.1 Å². The monoisotopic (exact) mass is 473 g/mol. The van der Waals surface area contributed by atoms with E-state index in [1.807, 2.05) is 13.8 Å². The molecule has 0 aliphatic heterocycles. The number of benzene rings is 2. The predicted octanol–water partition coefficient (Wildman–Crippen LogP) is 3.45. The van der Waals surface area contributed by atoms with Crippen molar-refractivity contribution in [2.45, 2.75) is 39.0 Å². The van der Waals surface area contributed by atoms with Gasteiger partial charge < -0.3 is 9.47 Å². The number of hydrogen-bond acceptors (Lipinski definition) is 3. The number of carbonyl (C=O) groups excluding carboxylic acids is 1. The van der Waals surface area contributed by atoms with E-state index in [0.29, 0.717) is 37.0 Å². The molecule has 0 amide bonds. The van der Waals surface area contributed by atoms with Crippen LogP contribution in [0.5, 0.6) is 11.5 Å². The summed E-state index contributed by atoms with van der Waals surface area (Å²) in [4.78, 5) is 12.8. The number of ether oxygens (including phenoxy) is 2. The summed E-state index contributed by atoms with van der Waals surface area (Å²) in [5.74, 6) is 0.626. The van der Waals surface area contributed by atoms with Crippen molar-refractivity contribution in [3.8, 4) is 11.5 Å². The van der Waals surface area contributed by atoms with E-state index in [9.17, 15) is 31.1 Å². The minimum Gasteiger partial charge on any atom is -0.493 e. The Hall–Kier alpha value is -1.68. The van der Waals surface area contributed by atoms with Crippen LogP contribution in [0.2, 0.25) is 0 Å². The van der Waals surface area contributed by atoms with Gasteiger partial charge in [0.25, 0.3) is 0 Å². The zero-order valence-electron chi connectivity index (χ0n) is 17.8. The molecule has 0 saturated carbocycles. The second kappa shape index (κ2) is 12.0. The van der Waals surface area contributed by atoms with Crippen molar-refractivity contribution in [2.24, 2.45) is 0 Å². The number of carbonyl (C=O) groups is 1. The molecule has 0 aliphatic rings. The SMILES string of the molecule is CCCOc1ccc(PC(=O)c2c(C(F)(F)F)cccc2C(F)(F)F)c(OCCC)c1.[Li+]. The van der Waals surface area contributed by atoms with Gasteiger partial charge in [0, 0.05) is 16.9 Å². The third-order valence-electron chi connectivity index (χ3n) is 4.04. The number of alkyl halides is 6. The molecule has 11 heteroatoms. The Labute approximate surface area is 195 Å². The first-order valence-electron chi connectivity index (χ1n) is 9.47. The van der Waals surface area contributed by atoms with Crippen molar-refractivity contribution in [1.29, 1.82) is 0 Å². The second-order valence-electron chi connectivity index (χ2n) is 6.53. The molecule has 2 aromatic rings. The van der Waals surface area contributed by atoms with Gasteiger partial charge in [-0.2, -0.15) is 26.3 Å². The molecule has 170 valence electrons. The molecule has 0 fully saturated rings. The van der Waals surface area contributed by atoms with Gasteiger partial charge in [0.2, 0.25) is 0 Å². The Kier molecular flexibility index (Phi) is 10.6. The van der Waals surface area contributed by atoms with Gasteiger partial charge in [-0.25, -0.2) is 0 Å². The van der Waals surface area contributed by atoms with Crippen molar-refractivity contribution in [2.75, 3.05) is 13.2 Å². The zero-order valence-corrected chi connectivity index (χ0v) is 18.8. The molecule has 32 heavy (non-hydrogen) atoms. The molecule has 0 N–H and O–H groups in total. The van der Waals surface area contributed by atoms with Crippen LogP contribution in [0.25, 0.3) is 0 Å². The van der Waals surface area contributed by atoms with Crippen molar-refractivity contribution < 1.29 is 59.5 Å². The fraction of sp³-hybridized carbons (Fsp3) is 0.381. The minimum absolute atomic E-state index is 0. The van der Waals surface area contributed by atoms with Crippen LogP contribution < -0.4 is 33.6 Å². The van der Waals surface area contributed by atoms with Crippen LogP contribution in [0.4, 0.5) is 26.3 Å². The average molecular weight is 473 g/mol. The van der Waals surface area contributed by atoms with Crippen LogP contribution in [-0.2, 0) is 12.4 Å². The Morgan fingerprint density at radius 3 is 1.91 bits per heavy atom. The van der Waals surface area contributed by atoms with Gasteiger partial charge in [-0.1, -0.05) is 19.9 Å². The van der Waals surface area contributed by atoms with Gasteiger partial charge in [-0.05, 0) is 45.7 Å². The van der Waals surface area contributed by atoms with Crippen LogP contribution >= 0.6 is 8.58 Å². The molecule has 2 aromatic carbocycles. The summed E-state index contributed by atoms with van der Waals surface area (Å²) < 4.78 is 91.3. The van der Waals surface area contributed by atoms with Crippen LogP contribution in [0.1, 0.15) is 48.2 Å². The second-order valence-corrected chi connectivity index (χ2v) is 7.78. The normalized spacial score (nSPS) is 12.0. The third kappa shape index (κ3) is 7.43. The van der Waals surface area contributed by atoms with Crippen molar-refractivity contribution in [3.63, 3.8) is 0 Å². The summed E-state index contributed by atoms with van der Waals surface area (Å²) in [6.45, 7) is 4.41. The predicted molar refractivity (Wildman–Crippen MR) is 107 cm³/mol. The summed E-state index contributed by atoms with van der Waals surface area (Å²) >= 11 is 0. The van der Waals surface area contributed by atoms with Crippen LogP contribution in [0.3, 0.4) is 0 Å². The summed E-state index contributed by atoms with van der Waals surface area (Å²) in [6, 6.07) is 6.01. The molecule has 0 bridgehead atoms. The smallest absolute Gasteiger partial charge is 0.493 e. The number of rotatable bonds is 9. The molecular weight excluding hydrogens is 452 g/mol. The molecular formula is C21H21F6LiO3P+. The standard InChI is InChI=1S/C21H21F6O3P.Li/c1-3-10-29-13-8-9-17(16(12-13)30-11-4-2)31-19(28)18-14(20(22,23)24)6-5-7-15(18)21(25,26)27;/h5-9,12,31H,3-4,10-11H2,1-2H3;/q;+1. The topological polar surface area (TPSA) is 35.5 Å².